The van der Waals surface area contributed by atoms with Crippen LogP contribution in [0.3, 0.4) is 0 Å². The van der Waals surface area contributed by atoms with Crippen molar-refractivity contribution in [2.24, 2.45) is 5.73 Å². The Labute approximate surface area is 109 Å². The number of carbonyl (C=O) groups excluding carboxylic acids is 1. The zero-order chi connectivity index (χ0) is 14.6. The number of aromatic carboxylic acids is 1. The van der Waals surface area contributed by atoms with Gasteiger partial charge in [0.1, 0.15) is 6.61 Å². The molecule has 0 unspecified atom stereocenters. The summed E-state index contributed by atoms with van der Waals surface area (Å²) < 4.78 is 23.7. The van der Waals surface area contributed by atoms with Crippen LogP contribution < -0.4 is 10.6 Å². The van der Waals surface area contributed by atoms with Crippen molar-refractivity contribution in [2.75, 3.05) is 6.61 Å². The third-order valence-electron chi connectivity index (χ3n) is 2.11. The molecule has 0 radical (unpaired) electrons. The molecule has 1 rings (SSSR count). The second kappa shape index (κ2) is 5.78. The quantitative estimate of drug-likeness (QED) is 0.597. The number of hydrogen-bond donors (Lipinski definition) is 3. The number of nitrogens with two attached hydrogens (primary N) is 1. The Morgan fingerprint density at radius 3 is 2.58 bits per heavy atom. The minimum absolute atomic E-state index is 0.180. The van der Waals surface area contributed by atoms with E-state index in [1.807, 2.05) is 0 Å². The average molecular weight is 288 g/mol. The zero-order valence-electron chi connectivity index (χ0n) is 9.91. The maximum absolute atomic E-state index is 11.8. The molecule has 19 heavy (non-hydrogen) atoms. The molecule has 104 valence electrons. The van der Waals surface area contributed by atoms with E-state index in [2.05, 4.69) is 4.84 Å². The molecular weight excluding hydrogens is 276 g/mol. The van der Waals surface area contributed by atoms with Crippen molar-refractivity contribution < 1.29 is 28.0 Å². The Morgan fingerprint density at radius 2 is 2.05 bits per heavy atom. The smallest absolute Gasteiger partial charge is 0.335 e. The Balaban J connectivity index is 3.03. The normalized spacial score (nSPS) is 11.2. The summed E-state index contributed by atoms with van der Waals surface area (Å²) in [4.78, 5) is 27.1. The number of hydrogen-bond acceptors (Lipinski definition) is 5. The van der Waals surface area contributed by atoms with Gasteiger partial charge in [-0.2, -0.15) is 0 Å². The fourth-order valence-electron chi connectivity index (χ4n) is 1.25. The van der Waals surface area contributed by atoms with E-state index in [1.54, 1.807) is 4.89 Å². The van der Waals surface area contributed by atoms with Gasteiger partial charge >= 0.3 is 5.97 Å². The van der Waals surface area contributed by atoms with Gasteiger partial charge in [-0.25, -0.2) is 13.2 Å². The lowest BCUT2D eigenvalue weighted by atomic mass is 10.1. The van der Waals surface area contributed by atoms with Crippen molar-refractivity contribution >= 4 is 21.9 Å². The fourth-order valence-corrected chi connectivity index (χ4v) is 2.32. The van der Waals surface area contributed by atoms with E-state index in [9.17, 15) is 18.0 Å². The summed E-state index contributed by atoms with van der Waals surface area (Å²) in [6, 6.07) is 3.63. The van der Waals surface area contributed by atoms with Crippen LogP contribution in [0.4, 0.5) is 0 Å². The van der Waals surface area contributed by atoms with Crippen LogP contribution in [0, 0.1) is 6.92 Å². The number of rotatable bonds is 6. The van der Waals surface area contributed by atoms with Crippen LogP contribution >= 0.6 is 0 Å². The van der Waals surface area contributed by atoms with Crippen molar-refractivity contribution in [3.05, 3.63) is 29.3 Å². The molecule has 4 N–H and O–H groups in total. The molecule has 8 nitrogen and oxygen atoms in total. The Bertz CT molecular complexity index is 610. The highest BCUT2D eigenvalue weighted by atomic mass is 32.2. The van der Waals surface area contributed by atoms with Gasteiger partial charge in [0.05, 0.1) is 10.5 Å². The molecule has 1 amide bonds. The molecule has 0 heterocycles. The molecule has 0 aliphatic rings. The highest BCUT2D eigenvalue weighted by Gasteiger charge is 2.19. The van der Waals surface area contributed by atoms with Gasteiger partial charge in [-0.1, -0.05) is 11.0 Å². The van der Waals surface area contributed by atoms with Gasteiger partial charge in [0.2, 0.25) is 5.91 Å². The van der Waals surface area contributed by atoms with Gasteiger partial charge in [-0.05, 0) is 24.6 Å². The van der Waals surface area contributed by atoms with Crippen LogP contribution in [0.1, 0.15) is 15.9 Å². The number of carboxylic acids is 1. The van der Waals surface area contributed by atoms with Gasteiger partial charge in [-0.3, -0.25) is 9.63 Å². The Hall–Kier alpha value is -1.97. The second-order valence-electron chi connectivity index (χ2n) is 3.63. The first-order valence-electron chi connectivity index (χ1n) is 5.00. The van der Waals surface area contributed by atoms with Crippen molar-refractivity contribution in [1.82, 2.24) is 4.89 Å². The summed E-state index contributed by atoms with van der Waals surface area (Å²) in [6.45, 7) is 0.866. The van der Waals surface area contributed by atoms with E-state index in [0.717, 1.165) is 6.07 Å². The van der Waals surface area contributed by atoms with Crippen molar-refractivity contribution in [3.63, 3.8) is 0 Å². The molecule has 0 aromatic heterocycles. The molecule has 1 aromatic carbocycles. The maximum atomic E-state index is 11.8. The van der Waals surface area contributed by atoms with E-state index < -0.39 is 28.5 Å². The van der Waals surface area contributed by atoms with Gasteiger partial charge < -0.3 is 10.8 Å². The Kier molecular flexibility index (Phi) is 4.59. The summed E-state index contributed by atoms with van der Waals surface area (Å²) in [5.41, 5.74) is 4.93. The van der Waals surface area contributed by atoms with E-state index in [1.165, 1.54) is 19.1 Å². The first-order valence-corrected chi connectivity index (χ1v) is 6.48. The largest absolute Gasteiger partial charge is 0.478 e. The topological polar surface area (TPSA) is 136 Å². The number of benzene rings is 1. The number of amides is 1. The number of carbonyl (C=O) groups is 2. The summed E-state index contributed by atoms with van der Waals surface area (Å²) in [5, 5.41) is 8.81. The summed E-state index contributed by atoms with van der Waals surface area (Å²) >= 11 is 0. The number of nitrogens with one attached hydrogen (secondary N) is 1. The monoisotopic (exact) mass is 288 g/mol. The molecule has 9 heteroatoms. The predicted molar refractivity (Wildman–Crippen MR) is 63.6 cm³/mol. The van der Waals surface area contributed by atoms with E-state index >= 15 is 0 Å². The first-order chi connectivity index (χ1) is 8.74. The Morgan fingerprint density at radius 1 is 1.42 bits per heavy atom. The molecule has 0 saturated carbocycles. The van der Waals surface area contributed by atoms with Crippen LogP contribution in [0.5, 0.6) is 0 Å². The van der Waals surface area contributed by atoms with E-state index in [-0.39, 0.29) is 10.5 Å². The molecule has 0 atom stereocenters. The lowest BCUT2D eigenvalue weighted by molar-refractivity contribution is -0.123. The summed E-state index contributed by atoms with van der Waals surface area (Å²) in [6.07, 6.45) is 0. The van der Waals surface area contributed by atoms with Crippen LogP contribution in [0.2, 0.25) is 0 Å². The first kappa shape index (κ1) is 15.1. The molecule has 0 aliphatic heterocycles. The van der Waals surface area contributed by atoms with Gasteiger partial charge in [-0.15, -0.1) is 0 Å². The number of primary amides is 1. The third kappa shape index (κ3) is 4.02. The predicted octanol–water partition coefficient (Wildman–Crippen LogP) is -0.612. The van der Waals surface area contributed by atoms with Crippen LogP contribution in [0.15, 0.2) is 23.1 Å². The standard InChI is InChI=1S/C10H12N2O6S/c1-6-2-3-7(10(14)15)4-8(6)19(16,17)12-18-5-9(11)13/h2-4,12H,5H2,1H3,(H2,11,13)(H,14,15). The lowest BCUT2D eigenvalue weighted by Crippen LogP contribution is -2.30. The number of sulfonamides is 1. The number of aryl methyl sites for hydroxylation is 1. The second-order valence-corrected chi connectivity index (χ2v) is 5.24. The van der Waals surface area contributed by atoms with Gasteiger partial charge in [0.15, 0.2) is 0 Å². The van der Waals surface area contributed by atoms with Crippen molar-refractivity contribution in [1.29, 1.82) is 0 Å². The molecule has 0 aliphatic carbocycles. The molecule has 0 saturated heterocycles. The van der Waals surface area contributed by atoms with Gasteiger partial charge in [0, 0.05) is 0 Å². The van der Waals surface area contributed by atoms with E-state index in [0.29, 0.717) is 5.56 Å². The summed E-state index contributed by atoms with van der Waals surface area (Å²) in [5.74, 6) is -2.10. The molecule has 1 aromatic rings. The molecule has 0 fully saturated rings. The highest BCUT2D eigenvalue weighted by Crippen LogP contribution is 2.17. The van der Waals surface area contributed by atoms with Crippen molar-refractivity contribution in [2.45, 2.75) is 11.8 Å². The van der Waals surface area contributed by atoms with Gasteiger partial charge in [0.25, 0.3) is 10.0 Å². The fraction of sp³-hybridized carbons (Fsp3) is 0.200. The molecule has 0 spiro atoms. The lowest BCUT2D eigenvalue weighted by Gasteiger charge is -2.09. The van der Waals surface area contributed by atoms with Crippen LogP contribution in [0.25, 0.3) is 0 Å². The van der Waals surface area contributed by atoms with Crippen LogP contribution in [-0.2, 0) is 19.7 Å². The molecular formula is C10H12N2O6S. The highest BCUT2D eigenvalue weighted by molar-refractivity contribution is 7.89. The minimum Gasteiger partial charge on any atom is -0.478 e. The van der Waals surface area contributed by atoms with Crippen LogP contribution in [-0.4, -0.2) is 32.0 Å². The third-order valence-corrected chi connectivity index (χ3v) is 3.46. The minimum atomic E-state index is -4.09. The summed E-state index contributed by atoms with van der Waals surface area (Å²) in [7, 11) is -4.09. The number of carboxylic acid groups (broad SMARTS) is 1. The zero-order valence-corrected chi connectivity index (χ0v) is 10.7. The van der Waals surface area contributed by atoms with Crippen molar-refractivity contribution in [3.8, 4) is 0 Å². The SMILES string of the molecule is Cc1ccc(C(=O)O)cc1S(=O)(=O)NOCC(N)=O. The average Bonchev–Trinajstić information content (AvgIpc) is 2.28. The maximum Gasteiger partial charge on any atom is 0.335 e. The van der Waals surface area contributed by atoms with E-state index in [4.69, 9.17) is 10.8 Å². The molecule has 0 bridgehead atoms.